The minimum Gasteiger partial charge on any atom is -0.455 e. The Morgan fingerprint density at radius 1 is 1.00 bits per heavy atom. The van der Waals surface area contributed by atoms with Gasteiger partial charge in [-0.25, -0.2) is 13.1 Å². The van der Waals surface area contributed by atoms with Gasteiger partial charge in [-0.3, -0.25) is 4.79 Å². The number of amides is 1. The molecule has 3 aromatic carbocycles. The maximum Gasteiger partial charge on any atom is 0.228 e. The monoisotopic (exact) mass is 489 g/mol. The number of hydrogen-bond donors (Lipinski definition) is 1. The minimum atomic E-state index is -3.27. The number of benzene rings is 3. The van der Waals surface area contributed by atoms with E-state index in [1.54, 1.807) is 35.9 Å². The molecule has 180 valence electrons. The van der Waals surface area contributed by atoms with Crippen molar-refractivity contribution in [1.82, 2.24) is 9.78 Å². The lowest BCUT2D eigenvalue weighted by molar-refractivity contribution is -0.115. The van der Waals surface area contributed by atoms with Gasteiger partial charge in [0.25, 0.3) is 0 Å². The van der Waals surface area contributed by atoms with Gasteiger partial charge in [0.1, 0.15) is 11.4 Å². The lowest BCUT2D eigenvalue weighted by atomic mass is 10.1. The predicted molar refractivity (Wildman–Crippen MR) is 136 cm³/mol. The zero-order chi connectivity index (χ0) is 25.0. The summed E-state index contributed by atoms with van der Waals surface area (Å²) in [6.07, 6.45) is 1.97. The Hall–Kier alpha value is -3.91. The van der Waals surface area contributed by atoms with E-state index >= 15 is 0 Å². The van der Waals surface area contributed by atoms with Crippen LogP contribution in [0, 0.1) is 13.8 Å². The molecule has 0 aliphatic rings. The Kier molecular flexibility index (Phi) is 7.02. The maximum absolute atomic E-state index is 12.7. The number of nitrogens with one attached hydrogen (secondary N) is 1. The third kappa shape index (κ3) is 5.96. The van der Waals surface area contributed by atoms with E-state index in [2.05, 4.69) is 10.4 Å². The largest absolute Gasteiger partial charge is 0.455 e. The Morgan fingerprint density at radius 3 is 2.43 bits per heavy atom. The number of anilines is 1. The number of ether oxygens (including phenoxy) is 1. The van der Waals surface area contributed by atoms with Crippen LogP contribution in [0.15, 0.2) is 83.9 Å². The summed E-state index contributed by atoms with van der Waals surface area (Å²) in [6, 6.07) is 21.4. The third-order valence-corrected chi connectivity index (χ3v) is 7.21. The topological polar surface area (TPSA) is 90.3 Å². The zero-order valence-electron chi connectivity index (χ0n) is 19.9. The van der Waals surface area contributed by atoms with Crippen LogP contribution in [0.4, 0.5) is 5.69 Å². The number of rotatable bonds is 8. The first-order valence-electron chi connectivity index (χ1n) is 11.3. The van der Waals surface area contributed by atoms with Crippen LogP contribution in [0.3, 0.4) is 0 Å². The molecule has 7 nitrogen and oxygen atoms in total. The van der Waals surface area contributed by atoms with Crippen molar-refractivity contribution in [2.24, 2.45) is 0 Å². The summed E-state index contributed by atoms with van der Waals surface area (Å²) >= 11 is 0. The van der Waals surface area contributed by atoms with Gasteiger partial charge in [0, 0.05) is 18.0 Å². The molecule has 1 amide bonds. The van der Waals surface area contributed by atoms with Gasteiger partial charge in [0.2, 0.25) is 5.91 Å². The van der Waals surface area contributed by atoms with Gasteiger partial charge in [0.05, 0.1) is 22.8 Å². The van der Waals surface area contributed by atoms with Crippen LogP contribution in [0.25, 0.3) is 5.69 Å². The molecule has 4 aromatic rings. The highest BCUT2D eigenvalue weighted by Gasteiger charge is 2.14. The number of sulfone groups is 1. The SMILES string of the molecule is CCS(=O)(=O)c1ccc(CC(=O)Nc2ccc(-n3ccc(C)n3)c(Oc3cccc(C)c3)c2)cc1. The van der Waals surface area contributed by atoms with Gasteiger partial charge in [-0.05, 0) is 67.4 Å². The predicted octanol–water partition coefficient (Wildman–Crippen LogP) is 5.26. The highest BCUT2D eigenvalue weighted by atomic mass is 32.2. The Balaban J connectivity index is 1.55. The van der Waals surface area contributed by atoms with E-state index in [1.165, 1.54) is 12.1 Å². The Bertz CT molecular complexity index is 1460. The standard InChI is InChI=1S/C27H27N3O4S/c1-4-35(32,33)24-11-8-21(9-12-24)17-27(31)28-22-10-13-25(30-15-14-20(3)29-30)26(18-22)34-23-7-5-6-19(2)16-23/h5-16,18H,4,17H2,1-3H3,(H,28,31). The van der Waals surface area contributed by atoms with E-state index in [-0.39, 0.29) is 23.0 Å². The molecule has 0 bridgehead atoms. The summed E-state index contributed by atoms with van der Waals surface area (Å²) < 4.78 is 31.9. The van der Waals surface area contributed by atoms with Crippen LogP contribution in [0.5, 0.6) is 11.5 Å². The minimum absolute atomic E-state index is 0.0356. The van der Waals surface area contributed by atoms with Crippen LogP contribution >= 0.6 is 0 Å². The first-order chi connectivity index (χ1) is 16.7. The summed E-state index contributed by atoms with van der Waals surface area (Å²) in [5.41, 5.74) is 3.99. The summed E-state index contributed by atoms with van der Waals surface area (Å²) in [5.74, 6) is 1.04. The highest BCUT2D eigenvalue weighted by molar-refractivity contribution is 7.91. The third-order valence-electron chi connectivity index (χ3n) is 5.46. The summed E-state index contributed by atoms with van der Waals surface area (Å²) in [7, 11) is -3.27. The molecule has 0 fully saturated rings. The van der Waals surface area contributed by atoms with Crippen molar-refractivity contribution in [2.45, 2.75) is 32.1 Å². The van der Waals surface area contributed by atoms with Crippen LogP contribution in [-0.4, -0.2) is 29.9 Å². The molecular formula is C27H27N3O4S. The van der Waals surface area contributed by atoms with Gasteiger partial charge >= 0.3 is 0 Å². The lowest BCUT2D eigenvalue weighted by Gasteiger charge is -2.14. The fraction of sp³-hybridized carbons (Fsp3) is 0.185. The van der Waals surface area contributed by atoms with Crippen molar-refractivity contribution in [3.8, 4) is 17.2 Å². The number of aromatic nitrogens is 2. The van der Waals surface area contributed by atoms with Crippen LogP contribution in [0.2, 0.25) is 0 Å². The highest BCUT2D eigenvalue weighted by Crippen LogP contribution is 2.31. The number of nitrogens with zero attached hydrogens (tertiary/aromatic N) is 2. The Morgan fingerprint density at radius 2 is 1.77 bits per heavy atom. The quantitative estimate of drug-likeness (QED) is 0.365. The first-order valence-corrected chi connectivity index (χ1v) is 12.9. The fourth-order valence-corrected chi connectivity index (χ4v) is 4.47. The molecule has 1 heterocycles. The number of carbonyl (C=O) groups is 1. The van der Waals surface area contributed by atoms with E-state index in [0.717, 1.165) is 22.5 Å². The molecule has 0 aliphatic heterocycles. The average molecular weight is 490 g/mol. The number of aryl methyl sites for hydroxylation is 2. The molecule has 4 rings (SSSR count). The molecule has 0 radical (unpaired) electrons. The van der Waals surface area contributed by atoms with Crippen molar-refractivity contribution in [2.75, 3.05) is 11.1 Å². The smallest absolute Gasteiger partial charge is 0.228 e. The molecule has 0 saturated carbocycles. The van der Waals surface area contributed by atoms with Crippen molar-refractivity contribution in [3.05, 3.63) is 95.8 Å². The van der Waals surface area contributed by atoms with Crippen molar-refractivity contribution in [3.63, 3.8) is 0 Å². The van der Waals surface area contributed by atoms with E-state index in [0.29, 0.717) is 17.2 Å². The summed E-state index contributed by atoms with van der Waals surface area (Å²) in [4.78, 5) is 13.0. The molecular weight excluding hydrogens is 462 g/mol. The van der Waals surface area contributed by atoms with E-state index in [1.807, 2.05) is 56.4 Å². The van der Waals surface area contributed by atoms with Crippen molar-refractivity contribution < 1.29 is 17.9 Å². The van der Waals surface area contributed by atoms with Gasteiger partial charge in [-0.1, -0.05) is 31.2 Å². The van der Waals surface area contributed by atoms with Gasteiger partial charge < -0.3 is 10.1 Å². The van der Waals surface area contributed by atoms with Gasteiger partial charge in [0.15, 0.2) is 15.6 Å². The second-order valence-corrected chi connectivity index (χ2v) is 10.6. The summed E-state index contributed by atoms with van der Waals surface area (Å²) in [6.45, 7) is 5.51. The van der Waals surface area contributed by atoms with E-state index < -0.39 is 9.84 Å². The van der Waals surface area contributed by atoms with E-state index in [9.17, 15) is 13.2 Å². The zero-order valence-corrected chi connectivity index (χ0v) is 20.7. The van der Waals surface area contributed by atoms with Crippen LogP contribution in [-0.2, 0) is 21.1 Å². The molecule has 0 spiro atoms. The average Bonchev–Trinajstić information content (AvgIpc) is 3.25. The molecule has 0 unspecified atom stereocenters. The first kappa shape index (κ1) is 24.2. The molecule has 0 atom stereocenters. The second kappa shape index (κ2) is 10.1. The fourth-order valence-electron chi connectivity index (χ4n) is 3.59. The van der Waals surface area contributed by atoms with Gasteiger partial charge in [-0.2, -0.15) is 5.10 Å². The number of hydrogen-bond acceptors (Lipinski definition) is 5. The van der Waals surface area contributed by atoms with E-state index in [4.69, 9.17) is 4.74 Å². The molecule has 1 aromatic heterocycles. The van der Waals surface area contributed by atoms with Crippen LogP contribution < -0.4 is 10.1 Å². The van der Waals surface area contributed by atoms with Crippen molar-refractivity contribution >= 4 is 21.4 Å². The second-order valence-electron chi connectivity index (χ2n) is 8.28. The molecule has 0 aliphatic carbocycles. The normalized spacial score (nSPS) is 11.3. The molecule has 0 saturated heterocycles. The molecule has 8 heteroatoms. The molecule has 1 N–H and O–H groups in total. The van der Waals surface area contributed by atoms with Gasteiger partial charge in [-0.15, -0.1) is 0 Å². The van der Waals surface area contributed by atoms with Crippen LogP contribution in [0.1, 0.15) is 23.7 Å². The maximum atomic E-state index is 12.7. The van der Waals surface area contributed by atoms with Crippen molar-refractivity contribution in [1.29, 1.82) is 0 Å². The lowest BCUT2D eigenvalue weighted by Crippen LogP contribution is -2.15. The number of carbonyl (C=O) groups excluding carboxylic acids is 1. The Labute approximate surface area is 205 Å². The molecule has 35 heavy (non-hydrogen) atoms. The summed E-state index contributed by atoms with van der Waals surface area (Å²) in [5, 5.41) is 7.39.